The highest BCUT2D eigenvalue weighted by Crippen LogP contribution is 2.31. The molecule has 7 nitrogen and oxygen atoms in total. The molecule has 0 radical (unpaired) electrons. The molecule has 0 unspecified atom stereocenters. The zero-order chi connectivity index (χ0) is 17.9. The zero-order valence-corrected chi connectivity index (χ0v) is 14.0. The molecule has 1 aromatic carbocycles. The number of rotatable bonds is 5. The van der Waals surface area contributed by atoms with Crippen LogP contribution >= 0.6 is 11.6 Å². The topological polar surface area (TPSA) is 105 Å². The summed E-state index contributed by atoms with van der Waals surface area (Å²) in [6.45, 7) is 3.38. The molecule has 2 aromatic rings. The molecular formula is C16H14ClN3O4. The molecule has 1 atom stereocenters. The number of Topliss-reactive ketones (excluding diaryl/α,β-unsaturated/α-hetero) is 1. The van der Waals surface area contributed by atoms with Crippen LogP contribution in [0.25, 0.3) is 0 Å². The van der Waals surface area contributed by atoms with Gasteiger partial charge in [0.1, 0.15) is 5.75 Å². The van der Waals surface area contributed by atoms with Crippen LogP contribution in [0.15, 0.2) is 22.7 Å². The van der Waals surface area contributed by atoms with Gasteiger partial charge in [-0.3, -0.25) is 9.59 Å². The highest BCUT2D eigenvalue weighted by atomic mass is 35.5. The first-order chi connectivity index (χ1) is 11.4. The number of amides is 1. The molecule has 0 aliphatic rings. The number of benzene rings is 1. The van der Waals surface area contributed by atoms with E-state index < -0.39 is 17.6 Å². The minimum Gasteiger partial charge on any atom is -0.495 e. The maximum absolute atomic E-state index is 12.3. The SMILES string of the molecule is COc1cc(Cl)c(C)cc1NC(=O)[C@H](C#N)C(=O)c1cc(C)no1. The van der Waals surface area contributed by atoms with Gasteiger partial charge in [0.05, 0.1) is 24.6 Å². The second-order valence-corrected chi connectivity index (χ2v) is 5.46. The fraction of sp³-hybridized carbons (Fsp3) is 0.250. The minimum absolute atomic E-state index is 0.145. The number of hydrogen-bond donors (Lipinski definition) is 1. The van der Waals surface area contributed by atoms with Crippen LogP contribution in [-0.2, 0) is 4.79 Å². The number of ketones is 1. The Labute approximate surface area is 143 Å². The van der Waals surface area contributed by atoms with Crippen molar-refractivity contribution in [2.24, 2.45) is 5.92 Å². The van der Waals surface area contributed by atoms with E-state index in [4.69, 9.17) is 20.9 Å². The van der Waals surface area contributed by atoms with Crippen molar-refractivity contribution in [1.82, 2.24) is 5.16 Å². The van der Waals surface area contributed by atoms with Gasteiger partial charge in [0.15, 0.2) is 5.92 Å². The van der Waals surface area contributed by atoms with Crippen molar-refractivity contribution < 1.29 is 18.8 Å². The Bertz CT molecular complexity index is 838. The summed E-state index contributed by atoms with van der Waals surface area (Å²) in [7, 11) is 1.42. The van der Waals surface area contributed by atoms with Gasteiger partial charge in [-0.25, -0.2) is 0 Å². The van der Waals surface area contributed by atoms with Crippen LogP contribution < -0.4 is 10.1 Å². The number of nitrogens with zero attached hydrogens (tertiary/aromatic N) is 2. The number of nitriles is 1. The molecule has 1 N–H and O–H groups in total. The number of aromatic nitrogens is 1. The van der Waals surface area contributed by atoms with Gasteiger partial charge in [-0.1, -0.05) is 16.8 Å². The van der Waals surface area contributed by atoms with Gasteiger partial charge in [0, 0.05) is 17.2 Å². The molecule has 1 amide bonds. The molecular weight excluding hydrogens is 334 g/mol. The first-order valence-electron chi connectivity index (χ1n) is 6.89. The van der Waals surface area contributed by atoms with E-state index in [2.05, 4.69) is 10.5 Å². The summed E-state index contributed by atoms with van der Waals surface area (Å²) in [6.07, 6.45) is 0. The summed E-state index contributed by atoms with van der Waals surface area (Å²) in [5.74, 6) is -2.96. The van der Waals surface area contributed by atoms with Crippen molar-refractivity contribution in [3.63, 3.8) is 0 Å². The van der Waals surface area contributed by atoms with Crippen molar-refractivity contribution in [2.75, 3.05) is 12.4 Å². The molecule has 2 rings (SSSR count). The Morgan fingerprint density at radius 1 is 1.38 bits per heavy atom. The molecule has 0 saturated heterocycles. The summed E-state index contributed by atoms with van der Waals surface area (Å²) in [5, 5.41) is 15.7. The molecule has 0 bridgehead atoms. The van der Waals surface area contributed by atoms with Crippen LogP contribution in [0, 0.1) is 31.1 Å². The predicted molar refractivity (Wildman–Crippen MR) is 86.0 cm³/mol. The van der Waals surface area contributed by atoms with E-state index in [9.17, 15) is 14.9 Å². The molecule has 0 saturated carbocycles. The Morgan fingerprint density at radius 3 is 2.62 bits per heavy atom. The van der Waals surface area contributed by atoms with E-state index in [0.717, 1.165) is 0 Å². The number of aryl methyl sites for hydroxylation is 2. The third kappa shape index (κ3) is 3.55. The van der Waals surface area contributed by atoms with Gasteiger partial charge in [-0.2, -0.15) is 5.26 Å². The Morgan fingerprint density at radius 2 is 2.08 bits per heavy atom. The predicted octanol–water partition coefficient (Wildman–Crippen LogP) is 2.91. The van der Waals surface area contributed by atoms with Crippen molar-refractivity contribution in [2.45, 2.75) is 13.8 Å². The maximum Gasteiger partial charge on any atom is 0.250 e. The number of anilines is 1. The first kappa shape index (κ1) is 17.5. The third-order valence-corrected chi connectivity index (χ3v) is 3.67. The lowest BCUT2D eigenvalue weighted by Crippen LogP contribution is -2.28. The fourth-order valence-electron chi connectivity index (χ4n) is 1.99. The van der Waals surface area contributed by atoms with Gasteiger partial charge in [0.25, 0.3) is 0 Å². The smallest absolute Gasteiger partial charge is 0.250 e. The van der Waals surface area contributed by atoms with E-state index in [-0.39, 0.29) is 5.76 Å². The third-order valence-electron chi connectivity index (χ3n) is 3.26. The molecule has 124 valence electrons. The van der Waals surface area contributed by atoms with Crippen molar-refractivity contribution in [1.29, 1.82) is 5.26 Å². The standard InChI is InChI=1S/C16H14ClN3O4/c1-8-4-12(13(23-3)6-11(8)17)19-16(22)10(7-18)15(21)14-5-9(2)20-24-14/h4-6,10H,1-3H3,(H,19,22)/t10-/m1/s1. The highest BCUT2D eigenvalue weighted by Gasteiger charge is 2.31. The van der Waals surface area contributed by atoms with E-state index in [1.165, 1.54) is 19.2 Å². The summed E-state index contributed by atoms with van der Waals surface area (Å²) in [5.41, 5.74) is 1.50. The largest absolute Gasteiger partial charge is 0.495 e. The average molecular weight is 348 g/mol. The minimum atomic E-state index is -1.57. The number of methoxy groups -OCH3 is 1. The Balaban J connectivity index is 2.26. The lowest BCUT2D eigenvalue weighted by atomic mass is 10.0. The molecule has 0 spiro atoms. The number of nitrogens with one attached hydrogen (secondary N) is 1. The number of halogens is 1. The summed E-state index contributed by atoms with van der Waals surface area (Å²) < 4.78 is 9.96. The lowest BCUT2D eigenvalue weighted by Gasteiger charge is -2.13. The van der Waals surface area contributed by atoms with E-state index >= 15 is 0 Å². The van der Waals surface area contributed by atoms with Crippen LogP contribution in [0.5, 0.6) is 5.75 Å². The van der Waals surface area contributed by atoms with Gasteiger partial charge >= 0.3 is 0 Å². The van der Waals surface area contributed by atoms with Gasteiger partial charge < -0.3 is 14.6 Å². The molecule has 8 heteroatoms. The maximum atomic E-state index is 12.3. The molecule has 24 heavy (non-hydrogen) atoms. The van der Waals surface area contributed by atoms with Gasteiger partial charge in [-0.05, 0) is 25.5 Å². The number of hydrogen-bond acceptors (Lipinski definition) is 6. The average Bonchev–Trinajstić information content (AvgIpc) is 2.97. The second kappa shape index (κ2) is 7.15. The molecule has 0 aliphatic heterocycles. The van der Waals surface area contributed by atoms with Crippen molar-refractivity contribution >= 4 is 29.0 Å². The second-order valence-electron chi connectivity index (χ2n) is 5.05. The van der Waals surface area contributed by atoms with Gasteiger partial charge in [0.2, 0.25) is 17.5 Å². The van der Waals surface area contributed by atoms with E-state index in [0.29, 0.717) is 27.7 Å². The molecule has 0 aliphatic carbocycles. The van der Waals surface area contributed by atoms with Crippen LogP contribution in [0.3, 0.4) is 0 Å². The highest BCUT2D eigenvalue weighted by molar-refractivity contribution is 6.31. The lowest BCUT2D eigenvalue weighted by molar-refractivity contribution is -0.117. The summed E-state index contributed by atoms with van der Waals surface area (Å²) in [4.78, 5) is 24.6. The van der Waals surface area contributed by atoms with Crippen LogP contribution in [0.1, 0.15) is 21.8 Å². The van der Waals surface area contributed by atoms with E-state index in [1.807, 2.05) is 0 Å². The molecule has 1 heterocycles. The number of ether oxygens (including phenoxy) is 1. The van der Waals surface area contributed by atoms with Crippen LogP contribution in [0.4, 0.5) is 5.69 Å². The van der Waals surface area contributed by atoms with Crippen LogP contribution in [0.2, 0.25) is 5.02 Å². The fourth-order valence-corrected chi connectivity index (χ4v) is 2.15. The van der Waals surface area contributed by atoms with Gasteiger partial charge in [-0.15, -0.1) is 0 Å². The summed E-state index contributed by atoms with van der Waals surface area (Å²) >= 11 is 6.01. The Hall–Kier alpha value is -2.85. The summed E-state index contributed by atoms with van der Waals surface area (Å²) in [6, 6.07) is 6.18. The van der Waals surface area contributed by atoms with Crippen LogP contribution in [-0.4, -0.2) is 24.0 Å². The zero-order valence-electron chi connectivity index (χ0n) is 13.2. The normalized spacial score (nSPS) is 11.5. The number of carbonyl (C=O) groups is 2. The monoisotopic (exact) mass is 347 g/mol. The molecule has 0 fully saturated rings. The quantitative estimate of drug-likeness (QED) is 0.658. The molecule has 1 aromatic heterocycles. The number of carbonyl (C=O) groups excluding carboxylic acids is 2. The van der Waals surface area contributed by atoms with E-state index in [1.54, 1.807) is 26.0 Å². The van der Waals surface area contributed by atoms with Crippen molar-refractivity contribution in [3.05, 3.63) is 40.2 Å². The Kier molecular flexibility index (Phi) is 5.21. The first-order valence-corrected chi connectivity index (χ1v) is 7.27. The van der Waals surface area contributed by atoms with Crippen molar-refractivity contribution in [3.8, 4) is 11.8 Å².